The minimum absolute atomic E-state index is 0.237. The van der Waals surface area contributed by atoms with E-state index in [1.54, 1.807) is 12.1 Å². The molecule has 5 rings (SSSR count). The summed E-state index contributed by atoms with van der Waals surface area (Å²) in [5.74, 6) is 1.37. The van der Waals surface area contributed by atoms with Gasteiger partial charge >= 0.3 is 22.6 Å². The van der Waals surface area contributed by atoms with Gasteiger partial charge in [0.15, 0.2) is 17.2 Å². The molecule has 0 radical (unpaired) electrons. The SMILES string of the molecule is Cc1cc(NS(=O)Oc2cc(Cl)ccc2Cl)ccc1Nc1c(C)cc(C)c(-c2nnc3cc(C(C)C)[nH]n23)c1C.[C-]#[O+]. The van der Waals surface area contributed by atoms with Gasteiger partial charge in [0.2, 0.25) is 0 Å². The first-order valence-electron chi connectivity index (χ1n) is 13.0. The van der Waals surface area contributed by atoms with E-state index >= 15 is 0 Å². The van der Waals surface area contributed by atoms with Crippen LogP contribution in [0.5, 0.6) is 5.75 Å². The summed E-state index contributed by atoms with van der Waals surface area (Å²) in [6.07, 6.45) is 0. The minimum atomic E-state index is -1.87. The van der Waals surface area contributed by atoms with E-state index < -0.39 is 11.3 Å². The van der Waals surface area contributed by atoms with E-state index in [0.29, 0.717) is 21.7 Å². The molecule has 1 unspecified atom stereocenters. The number of aromatic nitrogens is 4. The monoisotopic (exact) mass is 624 g/mol. The van der Waals surface area contributed by atoms with Crippen molar-refractivity contribution in [3.05, 3.63) is 93.2 Å². The molecule has 0 aliphatic heterocycles. The second-order valence-corrected chi connectivity index (χ2v) is 11.8. The van der Waals surface area contributed by atoms with E-state index in [2.05, 4.69) is 72.7 Å². The first kappa shape index (κ1) is 31.2. The number of hydrogen-bond donors (Lipinski definition) is 3. The summed E-state index contributed by atoms with van der Waals surface area (Å²) in [7, 11) is 0. The van der Waals surface area contributed by atoms with Gasteiger partial charge < -0.3 is 9.50 Å². The third-order valence-electron chi connectivity index (χ3n) is 6.78. The Hall–Kier alpha value is -3.79. The molecule has 3 N–H and O–H groups in total. The van der Waals surface area contributed by atoms with Crippen molar-refractivity contribution in [1.29, 1.82) is 0 Å². The standard InChI is InChI=1S/C29H30Cl2N6O2S.CO/c1-15(2)24-14-26-33-34-29(37(26)35-24)27-17(4)11-18(5)28(19(27)6)32-23-10-8-21(12-16(23)3)36-40(38)39-25-13-20(30)7-9-22(25)31;1-2/h7-15,32,35-36H,1-6H3;. The number of nitrogens with one attached hydrogen (secondary N) is 3. The van der Waals surface area contributed by atoms with Crippen molar-refractivity contribution in [3.8, 4) is 17.1 Å². The van der Waals surface area contributed by atoms with Gasteiger partial charge in [-0.3, -0.25) is 9.82 Å². The third kappa shape index (κ3) is 6.48. The Kier molecular flexibility index (Phi) is 9.66. The number of rotatable bonds is 8. The maximum absolute atomic E-state index is 12.6. The summed E-state index contributed by atoms with van der Waals surface area (Å²) >= 11 is 10.3. The molecule has 0 spiro atoms. The summed E-state index contributed by atoms with van der Waals surface area (Å²) in [6, 6.07) is 14.6. The van der Waals surface area contributed by atoms with Crippen LogP contribution in [0.3, 0.4) is 0 Å². The zero-order chi connectivity index (χ0) is 30.7. The molecule has 0 saturated carbocycles. The topological polar surface area (TPSA) is 116 Å². The molecule has 0 fully saturated rings. The van der Waals surface area contributed by atoms with Crippen molar-refractivity contribution in [3.63, 3.8) is 0 Å². The number of halogens is 2. The van der Waals surface area contributed by atoms with Gasteiger partial charge in [0.1, 0.15) is 0 Å². The number of aromatic amines is 1. The van der Waals surface area contributed by atoms with Crippen molar-refractivity contribution in [2.75, 3.05) is 10.0 Å². The van der Waals surface area contributed by atoms with Gasteiger partial charge in [0.25, 0.3) is 0 Å². The Morgan fingerprint density at radius 1 is 0.976 bits per heavy atom. The van der Waals surface area contributed by atoms with E-state index in [1.807, 2.05) is 35.7 Å². The van der Waals surface area contributed by atoms with Gasteiger partial charge in [-0.15, -0.1) is 10.2 Å². The fourth-order valence-corrected chi connectivity index (χ4v) is 5.75. The molecule has 0 aliphatic rings. The predicted octanol–water partition coefficient (Wildman–Crippen LogP) is 8.16. The first-order chi connectivity index (χ1) is 20.0. The second kappa shape index (κ2) is 13.0. The zero-order valence-corrected chi connectivity index (χ0v) is 26.3. The van der Waals surface area contributed by atoms with Crippen LogP contribution in [0.25, 0.3) is 17.0 Å². The summed E-state index contributed by atoms with van der Waals surface area (Å²) in [4.78, 5) is 0. The summed E-state index contributed by atoms with van der Waals surface area (Å²) < 4.78 is 30.3. The molecule has 5 aromatic rings. The summed E-state index contributed by atoms with van der Waals surface area (Å²) in [5, 5.41) is 16.7. The Balaban J connectivity index is 0.00000198. The van der Waals surface area contributed by atoms with Gasteiger partial charge in [0.05, 0.1) is 5.02 Å². The second-order valence-electron chi connectivity index (χ2n) is 10.1. The zero-order valence-electron chi connectivity index (χ0n) is 23.9. The number of nitrogens with zero attached hydrogens (tertiary/aromatic N) is 3. The van der Waals surface area contributed by atoms with E-state index in [4.69, 9.17) is 32.0 Å². The van der Waals surface area contributed by atoms with Gasteiger partial charge in [-0.05, 0) is 86.2 Å². The average molecular weight is 626 g/mol. The van der Waals surface area contributed by atoms with Crippen LogP contribution in [0.4, 0.5) is 17.1 Å². The van der Waals surface area contributed by atoms with E-state index in [0.717, 1.165) is 56.4 Å². The molecule has 1 atom stereocenters. The number of fused-ring (bicyclic) bond motifs is 1. The summed E-state index contributed by atoms with van der Waals surface area (Å²) in [5.41, 5.74) is 9.75. The van der Waals surface area contributed by atoms with Gasteiger partial charge in [-0.25, -0.2) is 4.52 Å². The van der Waals surface area contributed by atoms with Crippen LogP contribution >= 0.6 is 23.2 Å². The first-order valence-corrected chi connectivity index (χ1v) is 14.8. The van der Waals surface area contributed by atoms with Crippen LogP contribution in [0.2, 0.25) is 10.0 Å². The molecule has 0 bridgehead atoms. The van der Waals surface area contributed by atoms with Crippen LogP contribution < -0.4 is 14.2 Å². The molecule has 0 saturated heterocycles. The fourth-order valence-electron chi connectivity index (χ4n) is 4.72. The molecule has 218 valence electrons. The Morgan fingerprint density at radius 2 is 1.71 bits per heavy atom. The van der Waals surface area contributed by atoms with Crippen LogP contribution in [-0.4, -0.2) is 24.0 Å². The van der Waals surface area contributed by atoms with Crippen molar-refractivity contribution in [2.45, 2.75) is 47.5 Å². The Bertz CT molecular complexity index is 1810. The molecule has 9 nitrogen and oxygen atoms in total. The Labute approximate surface area is 257 Å². The quantitative estimate of drug-likeness (QED) is 0.119. The molecule has 0 amide bonds. The number of hydrogen-bond acceptors (Lipinski definition) is 5. The van der Waals surface area contributed by atoms with E-state index in [-0.39, 0.29) is 5.75 Å². The molecule has 3 aromatic carbocycles. The van der Waals surface area contributed by atoms with Crippen LogP contribution in [-0.2, 0) is 15.9 Å². The molecular formula is C30H30Cl2N6O3S. The normalized spacial score (nSPS) is 11.7. The number of anilines is 3. The van der Waals surface area contributed by atoms with Crippen LogP contribution in [0.15, 0.2) is 48.5 Å². The fraction of sp³-hybridized carbons (Fsp3) is 0.233. The molecule has 12 heteroatoms. The van der Waals surface area contributed by atoms with E-state index in [1.165, 1.54) is 6.07 Å². The predicted molar refractivity (Wildman–Crippen MR) is 168 cm³/mol. The van der Waals surface area contributed by atoms with Crippen molar-refractivity contribution >= 4 is 57.2 Å². The Morgan fingerprint density at radius 3 is 2.40 bits per heavy atom. The number of aryl methyl sites for hydroxylation is 3. The van der Waals surface area contributed by atoms with Crippen LogP contribution in [0.1, 0.15) is 47.7 Å². The molecule has 2 aromatic heterocycles. The maximum atomic E-state index is 12.6. The summed E-state index contributed by atoms with van der Waals surface area (Å²) in [6.45, 7) is 17.1. The number of benzene rings is 3. The van der Waals surface area contributed by atoms with Gasteiger partial charge in [-0.2, -0.15) is 4.21 Å². The van der Waals surface area contributed by atoms with Crippen molar-refractivity contribution in [2.24, 2.45) is 0 Å². The van der Waals surface area contributed by atoms with Crippen molar-refractivity contribution < 1.29 is 13.0 Å². The van der Waals surface area contributed by atoms with Gasteiger partial charge in [0, 0.05) is 45.5 Å². The van der Waals surface area contributed by atoms with Gasteiger partial charge in [-0.1, -0.05) is 43.1 Å². The van der Waals surface area contributed by atoms with Crippen LogP contribution in [0, 0.1) is 34.3 Å². The van der Waals surface area contributed by atoms with E-state index in [9.17, 15) is 4.21 Å². The molecule has 2 heterocycles. The molecule has 0 aliphatic carbocycles. The third-order valence-corrected chi connectivity index (χ3v) is 8.06. The average Bonchev–Trinajstić information content (AvgIpc) is 3.53. The number of H-pyrrole nitrogens is 1. The molecule has 42 heavy (non-hydrogen) atoms. The van der Waals surface area contributed by atoms with Crippen molar-refractivity contribution in [1.82, 2.24) is 19.8 Å². The molecular weight excluding hydrogens is 595 g/mol.